The number of hydrogen-bond acceptors (Lipinski definition) is 3. The Kier molecular flexibility index (Phi) is 6.06. The van der Waals surface area contributed by atoms with Gasteiger partial charge in [0, 0.05) is 49.7 Å². The SMILES string of the molecule is O=C(c1ccccc1N1CCCCC1)N1CCC(Oc2ccc(Cl)cc2)CC1. The number of ether oxygens (including phenoxy) is 1. The molecule has 2 aliphatic rings. The normalized spacial score (nSPS) is 18.2. The molecule has 2 heterocycles. The fourth-order valence-electron chi connectivity index (χ4n) is 4.12. The Bertz CT molecular complexity index is 795. The van der Waals surface area contributed by atoms with Gasteiger partial charge in [0.25, 0.3) is 5.91 Å². The van der Waals surface area contributed by atoms with Crippen LogP contribution < -0.4 is 9.64 Å². The van der Waals surface area contributed by atoms with Gasteiger partial charge in [-0.3, -0.25) is 4.79 Å². The van der Waals surface area contributed by atoms with Crippen LogP contribution in [0.15, 0.2) is 48.5 Å². The van der Waals surface area contributed by atoms with Crippen LogP contribution in [0.3, 0.4) is 0 Å². The van der Waals surface area contributed by atoms with Gasteiger partial charge in [-0.05, 0) is 55.7 Å². The van der Waals surface area contributed by atoms with E-state index in [1.165, 1.54) is 19.3 Å². The minimum absolute atomic E-state index is 0.141. The van der Waals surface area contributed by atoms with Crippen molar-refractivity contribution < 1.29 is 9.53 Å². The van der Waals surface area contributed by atoms with Gasteiger partial charge in [-0.25, -0.2) is 0 Å². The number of halogens is 1. The lowest BCUT2D eigenvalue weighted by molar-refractivity contribution is 0.0596. The lowest BCUT2D eigenvalue weighted by Crippen LogP contribution is -2.42. The number of amides is 1. The predicted molar refractivity (Wildman–Crippen MR) is 114 cm³/mol. The highest BCUT2D eigenvalue weighted by molar-refractivity contribution is 6.30. The maximum absolute atomic E-state index is 13.2. The Morgan fingerprint density at radius 1 is 0.893 bits per heavy atom. The van der Waals surface area contributed by atoms with E-state index in [0.29, 0.717) is 5.02 Å². The zero-order valence-electron chi connectivity index (χ0n) is 16.1. The number of likely N-dealkylation sites (tertiary alicyclic amines) is 1. The number of nitrogens with zero attached hydrogens (tertiary/aromatic N) is 2. The van der Waals surface area contributed by atoms with E-state index in [0.717, 1.165) is 56.0 Å². The monoisotopic (exact) mass is 398 g/mol. The molecular weight excluding hydrogens is 372 g/mol. The molecule has 4 rings (SSSR count). The van der Waals surface area contributed by atoms with E-state index in [9.17, 15) is 4.79 Å². The minimum atomic E-state index is 0.141. The second-order valence-corrected chi connectivity index (χ2v) is 8.06. The Labute approximate surface area is 172 Å². The minimum Gasteiger partial charge on any atom is -0.490 e. The van der Waals surface area contributed by atoms with E-state index in [4.69, 9.17) is 16.3 Å². The first-order valence-corrected chi connectivity index (χ1v) is 10.6. The van der Waals surface area contributed by atoms with Crippen molar-refractivity contribution in [2.24, 2.45) is 0 Å². The first-order valence-electron chi connectivity index (χ1n) is 10.3. The Morgan fingerprint density at radius 2 is 1.57 bits per heavy atom. The lowest BCUT2D eigenvalue weighted by Gasteiger charge is -2.34. The highest BCUT2D eigenvalue weighted by Crippen LogP contribution is 2.27. The van der Waals surface area contributed by atoms with Crippen LogP contribution in [0.4, 0.5) is 5.69 Å². The van der Waals surface area contributed by atoms with Gasteiger partial charge < -0.3 is 14.5 Å². The fraction of sp³-hybridized carbons (Fsp3) is 0.435. The molecule has 0 saturated carbocycles. The average Bonchev–Trinajstić information content (AvgIpc) is 2.76. The number of carbonyl (C=O) groups is 1. The van der Waals surface area contributed by atoms with Crippen molar-refractivity contribution in [1.29, 1.82) is 0 Å². The molecular formula is C23H27ClN2O2. The molecule has 5 heteroatoms. The molecule has 0 bridgehead atoms. The molecule has 4 nitrogen and oxygen atoms in total. The van der Waals surface area contributed by atoms with Gasteiger partial charge in [0.05, 0.1) is 5.56 Å². The smallest absolute Gasteiger partial charge is 0.255 e. The van der Waals surface area contributed by atoms with Gasteiger partial charge >= 0.3 is 0 Å². The van der Waals surface area contributed by atoms with Crippen LogP contribution in [0.25, 0.3) is 0 Å². The quantitative estimate of drug-likeness (QED) is 0.725. The fourth-order valence-corrected chi connectivity index (χ4v) is 4.24. The third-order valence-electron chi connectivity index (χ3n) is 5.68. The van der Waals surface area contributed by atoms with Crippen LogP contribution in [-0.2, 0) is 0 Å². The van der Waals surface area contributed by atoms with E-state index in [1.807, 2.05) is 47.4 Å². The summed E-state index contributed by atoms with van der Waals surface area (Å²) in [6, 6.07) is 15.5. The Balaban J connectivity index is 1.38. The van der Waals surface area contributed by atoms with E-state index >= 15 is 0 Å². The second-order valence-electron chi connectivity index (χ2n) is 7.63. The number of para-hydroxylation sites is 1. The van der Waals surface area contributed by atoms with Crippen molar-refractivity contribution in [2.75, 3.05) is 31.1 Å². The summed E-state index contributed by atoms with van der Waals surface area (Å²) in [6.45, 7) is 3.54. The molecule has 2 aromatic rings. The van der Waals surface area contributed by atoms with Gasteiger partial charge in [0.15, 0.2) is 0 Å². The van der Waals surface area contributed by atoms with Crippen LogP contribution in [0.2, 0.25) is 5.02 Å². The molecule has 0 N–H and O–H groups in total. The molecule has 2 saturated heterocycles. The third kappa shape index (κ3) is 4.44. The van der Waals surface area contributed by atoms with Gasteiger partial charge in [0.1, 0.15) is 11.9 Å². The van der Waals surface area contributed by atoms with Crippen molar-refractivity contribution in [3.05, 3.63) is 59.1 Å². The molecule has 0 spiro atoms. The zero-order valence-corrected chi connectivity index (χ0v) is 16.9. The lowest BCUT2D eigenvalue weighted by atomic mass is 10.0. The van der Waals surface area contributed by atoms with Gasteiger partial charge in [0.2, 0.25) is 0 Å². The standard InChI is InChI=1S/C23H27ClN2O2/c24-18-8-10-19(11-9-18)28-20-12-16-26(17-13-20)23(27)21-6-2-3-7-22(21)25-14-4-1-5-15-25/h2-3,6-11,20H,1,4-5,12-17H2. The summed E-state index contributed by atoms with van der Waals surface area (Å²) in [4.78, 5) is 17.6. The zero-order chi connectivity index (χ0) is 19.3. The second kappa shape index (κ2) is 8.87. The van der Waals surface area contributed by atoms with Crippen LogP contribution in [-0.4, -0.2) is 43.1 Å². The molecule has 1 amide bonds. The highest BCUT2D eigenvalue weighted by Gasteiger charge is 2.27. The average molecular weight is 399 g/mol. The molecule has 0 radical (unpaired) electrons. The summed E-state index contributed by atoms with van der Waals surface area (Å²) >= 11 is 5.93. The van der Waals surface area contributed by atoms with Crippen molar-refractivity contribution in [3.63, 3.8) is 0 Å². The first kappa shape index (κ1) is 19.1. The Hall–Kier alpha value is -2.20. The van der Waals surface area contributed by atoms with Crippen LogP contribution in [0.5, 0.6) is 5.75 Å². The summed E-state index contributed by atoms with van der Waals surface area (Å²) < 4.78 is 6.06. The number of anilines is 1. The largest absolute Gasteiger partial charge is 0.490 e. The molecule has 2 aliphatic heterocycles. The van der Waals surface area contributed by atoms with Gasteiger partial charge in [-0.1, -0.05) is 23.7 Å². The molecule has 28 heavy (non-hydrogen) atoms. The third-order valence-corrected chi connectivity index (χ3v) is 5.93. The molecule has 2 fully saturated rings. The van der Waals surface area contributed by atoms with E-state index in [-0.39, 0.29) is 12.0 Å². The van der Waals surface area contributed by atoms with Crippen LogP contribution in [0.1, 0.15) is 42.5 Å². The molecule has 0 aromatic heterocycles. The molecule has 148 valence electrons. The van der Waals surface area contributed by atoms with Crippen molar-refractivity contribution in [2.45, 2.75) is 38.2 Å². The molecule has 0 aliphatic carbocycles. The summed E-state index contributed by atoms with van der Waals surface area (Å²) in [7, 11) is 0. The number of rotatable bonds is 4. The summed E-state index contributed by atoms with van der Waals surface area (Å²) in [5, 5.41) is 0.708. The number of hydrogen-bond donors (Lipinski definition) is 0. The summed E-state index contributed by atoms with van der Waals surface area (Å²) in [5.74, 6) is 0.982. The van der Waals surface area contributed by atoms with Gasteiger partial charge in [-0.15, -0.1) is 0 Å². The maximum Gasteiger partial charge on any atom is 0.255 e. The molecule has 2 aromatic carbocycles. The van der Waals surface area contributed by atoms with E-state index < -0.39 is 0 Å². The first-order chi connectivity index (χ1) is 13.7. The van der Waals surface area contributed by atoms with Crippen LogP contribution in [0, 0.1) is 0 Å². The van der Waals surface area contributed by atoms with E-state index in [2.05, 4.69) is 11.0 Å². The highest BCUT2D eigenvalue weighted by atomic mass is 35.5. The van der Waals surface area contributed by atoms with Crippen molar-refractivity contribution >= 4 is 23.2 Å². The van der Waals surface area contributed by atoms with Crippen LogP contribution >= 0.6 is 11.6 Å². The number of benzene rings is 2. The Morgan fingerprint density at radius 3 is 2.29 bits per heavy atom. The topological polar surface area (TPSA) is 32.8 Å². The summed E-state index contributed by atoms with van der Waals surface area (Å²) in [6.07, 6.45) is 5.53. The van der Waals surface area contributed by atoms with Crippen molar-refractivity contribution in [3.8, 4) is 5.75 Å². The van der Waals surface area contributed by atoms with Gasteiger partial charge in [-0.2, -0.15) is 0 Å². The predicted octanol–water partition coefficient (Wildman–Crippen LogP) is 5.01. The molecule has 0 atom stereocenters. The maximum atomic E-state index is 13.2. The number of carbonyl (C=O) groups excluding carboxylic acids is 1. The number of piperidine rings is 2. The van der Waals surface area contributed by atoms with E-state index in [1.54, 1.807) is 0 Å². The molecule has 0 unspecified atom stereocenters. The summed E-state index contributed by atoms with van der Waals surface area (Å²) in [5.41, 5.74) is 1.92. The van der Waals surface area contributed by atoms with Crippen molar-refractivity contribution in [1.82, 2.24) is 4.90 Å².